The lowest BCUT2D eigenvalue weighted by atomic mass is 10.2. The maximum absolute atomic E-state index is 11.2. The van der Waals surface area contributed by atoms with Crippen LogP contribution in [0.1, 0.15) is 10.4 Å². The maximum atomic E-state index is 11.2. The van der Waals surface area contributed by atoms with Crippen LogP contribution in [0.15, 0.2) is 30.3 Å². The van der Waals surface area contributed by atoms with Crippen LogP contribution in [0.3, 0.4) is 0 Å². The summed E-state index contributed by atoms with van der Waals surface area (Å²) in [4.78, 5) is 21.8. The Morgan fingerprint density at radius 1 is 1.21 bits per heavy atom. The Labute approximate surface area is 81.1 Å². The SMILES string of the molecule is O=C(CO)COC(=O)c1ccccc1. The van der Waals surface area contributed by atoms with Crippen LogP contribution in [0.5, 0.6) is 0 Å². The Balaban J connectivity index is 2.48. The third kappa shape index (κ3) is 2.99. The zero-order chi connectivity index (χ0) is 10.4. The molecule has 0 radical (unpaired) electrons. The fourth-order valence-corrected chi connectivity index (χ4v) is 0.849. The molecule has 0 atom stereocenters. The van der Waals surface area contributed by atoms with Crippen molar-refractivity contribution >= 4 is 11.8 Å². The first-order chi connectivity index (χ1) is 6.74. The van der Waals surface area contributed by atoms with E-state index in [4.69, 9.17) is 5.11 Å². The molecule has 1 aromatic rings. The lowest BCUT2D eigenvalue weighted by molar-refractivity contribution is -0.124. The Kier molecular flexibility index (Phi) is 3.82. The molecule has 1 rings (SSSR count). The van der Waals surface area contributed by atoms with Gasteiger partial charge in [-0.05, 0) is 12.1 Å². The molecule has 1 aromatic carbocycles. The van der Waals surface area contributed by atoms with Crippen molar-refractivity contribution < 1.29 is 19.4 Å². The van der Waals surface area contributed by atoms with Crippen LogP contribution >= 0.6 is 0 Å². The highest BCUT2D eigenvalue weighted by Crippen LogP contribution is 2.00. The van der Waals surface area contributed by atoms with E-state index in [1.54, 1.807) is 30.3 Å². The van der Waals surface area contributed by atoms with Crippen molar-refractivity contribution in [2.24, 2.45) is 0 Å². The standard InChI is InChI=1S/C10H10O4/c11-6-9(12)7-14-10(13)8-4-2-1-3-5-8/h1-5,11H,6-7H2. The molecule has 0 amide bonds. The molecule has 0 bridgehead atoms. The van der Waals surface area contributed by atoms with Gasteiger partial charge in [0, 0.05) is 0 Å². The van der Waals surface area contributed by atoms with Gasteiger partial charge in [-0.3, -0.25) is 4.79 Å². The van der Waals surface area contributed by atoms with Gasteiger partial charge in [-0.2, -0.15) is 0 Å². The van der Waals surface area contributed by atoms with Crippen LogP contribution in [0.4, 0.5) is 0 Å². The summed E-state index contributed by atoms with van der Waals surface area (Å²) >= 11 is 0. The molecule has 1 N–H and O–H groups in total. The fourth-order valence-electron chi connectivity index (χ4n) is 0.849. The molecule has 74 valence electrons. The van der Waals surface area contributed by atoms with Gasteiger partial charge in [-0.25, -0.2) is 4.79 Å². The van der Waals surface area contributed by atoms with Gasteiger partial charge < -0.3 is 9.84 Å². The summed E-state index contributed by atoms with van der Waals surface area (Å²) < 4.78 is 4.63. The molecule has 0 aliphatic rings. The van der Waals surface area contributed by atoms with Crippen molar-refractivity contribution in [2.45, 2.75) is 0 Å². The first-order valence-corrected chi connectivity index (χ1v) is 4.09. The number of carbonyl (C=O) groups excluding carboxylic acids is 2. The second-order valence-electron chi connectivity index (χ2n) is 2.64. The smallest absolute Gasteiger partial charge is 0.338 e. The number of benzene rings is 1. The summed E-state index contributed by atoms with van der Waals surface area (Å²) in [5, 5.41) is 8.38. The zero-order valence-electron chi connectivity index (χ0n) is 7.47. The summed E-state index contributed by atoms with van der Waals surface area (Å²) in [5.41, 5.74) is 0.387. The average Bonchev–Trinajstić information content (AvgIpc) is 2.26. The lowest BCUT2D eigenvalue weighted by Crippen LogP contribution is -2.16. The number of ketones is 1. The second kappa shape index (κ2) is 5.14. The van der Waals surface area contributed by atoms with Gasteiger partial charge in [0.15, 0.2) is 12.4 Å². The van der Waals surface area contributed by atoms with Gasteiger partial charge in [0.25, 0.3) is 0 Å². The predicted molar refractivity (Wildman–Crippen MR) is 48.8 cm³/mol. The highest BCUT2D eigenvalue weighted by atomic mass is 16.5. The van der Waals surface area contributed by atoms with Gasteiger partial charge in [0.1, 0.15) is 6.61 Å². The minimum atomic E-state index is -0.609. The van der Waals surface area contributed by atoms with Crippen molar-refractivity contribution in [1.82, 2.24) is 0 Å². The topological polar surface area (TPSA) is 63.6 Å². The largest absolute Gasteiger partial charge is 0.454 e. The molecule has 0 unspecified atom stereocenters. The Hall–Kier alpha value is -1.68. The molecule has 0 spiro atoms. The molecule has 0 saturated carbocycles. The monoisotopic (exact) mass is 194 g/mol. The Morgan fingerprint density at radius 2 is 1.86 bits per heavy atom. The third-order valence-corrected chi connectivity index (χ3v) is 1.55. The van der Waals surface area contributed by atoms with Gasteiger partial charge in [0.2, 0.25) is 0 Å². The van der Waals surface area contributed by atoms with Gasteiger partial charge in [0.05, 0.1) is 5.56 Å². The number of esters is 1. The number of aliphatic hydroxyl groups is 1. The van der Waals surface area contributed by atoms with Gasteiger partial charge >= 0.3 is 5.97 Å². The minimum absolute atomic E-state index is 0.385. The number of rotatable bonds is 4. The van der Waals surface area contributed by atoms with E-state index in [1.165, 1.54) is 0 Å². The van der Waals surface area contributed by atoms with E-state index >= 15 is 0 Å². The van der Waals surface area contributed by atoms with E-state index in [0.717, 1.165) is 0 Å². The fraction of sp³-hybridized carbons (Fsp3) is 0.200. The van der Waals surface area contributed by atoms with E-state index in [-0.39, 0.29) is 6.61 Å². The van der Waals surface area contributed by atoms with E-state index in [1.807, 2.05) is 0 Å². The second-order valence-corrected chi connectivity index (χ2v) is 2.64. The van der Waals surface area contributed by atoms with Crippen LogP contribution in [-0.4, -0.2) is 30.1 Å². The number of aliphatic hydroxyl groups excluding tert-OH is 1. The van der Waals surface area contributed by atoms with E-state index in [0.29, 0.717) is 5.56 Å². The van der Waals surface area contributed by atoms with Crippen molar-refractivity contribution in [2.75, 3.05) is 13.2 Å². The number of carbonyl (C=O) groups is 2. The number of hydrogen-bond acceptors (Lipinski definition) is 4. The van der Waals surface area contributed by atoms with Crippen molar-refractivity contribution in [3.8, 4) is 0 Å². The van der Waals surface area contributed by atoms with Crippen LogP contribution in [0.2, 0.25) is 0 Å². The average molecular weight is 194 g/mol. The van der Waals surface area contributed by atoms with Crippen molar-refractivity contribution in [1.29, 1.82) is 0 Å². The number of ether oxygens (including phenoxy) is 1. The molecule has 4 heteroatoms. The molecule has 0 fully saturated rings. The minimum Gasteiger partial charge on any atom is -0.454 e. The molecule has 0 heterocycles. The normalized spacial score (nSPS) is 9.50. The van der Waals surface area contributed by atoms with Crippen molar-refractivity contribution in [3.63, 3.8) is 0 Å². The molecular weight excluding hydrogens is 184 g/mol. The Bertz CT molecular complexity index is 318. The zero-order valence-corrected chi connectivity index (χ0v) is 7.47. The molecule has 0 saturated heterocycles. The van der Waals surface area contributed by atoms with Crippen molar-refractivity contribution in [3.05, 3.63) is 35.9 Å². The lowest BCUT2D eigenvalue weighted by Gasteiger charge is -2.01. The number of hydrogen-bond donors (Lipinski definition) is 1. The summed E-state index contributed by atoms with van der Waals surface area (Å²) in [7, 11) is 0. The Morgan fingerprint density at radius 3 is 2.43 bits per heavy atom. The highest BCUT2D eigenvalue weighted by Gasteiger charge is 2.08. The molecule has 14 heavy (non-hydrogen) atoms. The highest BCUT2D eigenvalue weighted by molar-refractivity contribution is 5.91. The van der Waals surface area contributed by atoms with E-state index in [9.17, 15) is 9.59 Å². The van der Waals surface area contributed by atoms with E-state index < -0.39 is 18.4 Å². The first kappa shape index (κ1) is 10.4. The number of Topliss-reactive ketones (excluding diaryl/α,β-unsaturated/α-hetero) is 1. The van der Waals surface area contributed by atoms with E-state index in [2.05, 4.69) is 4.74 Å². The summed E-state index contributed by atoms with van der Waals surface area (Å²) in [5.74, 6) is -1.08. The molecular formula is C10H10O4. The van der Waals surface area contributed by atoms with Crippen LogP contribution in [-0.2, 0) is 9.53 Å². The quantitative estimate of drug-likeness (QED) is 0.705. The summed E-state index contributed by atoms with van der Waals surface area (Å²) in [6, 6.07) is 8.35. The summed E-state index contributed by atoms with van der Waals surface area (Å²) in [6.07, 6.45) is 0. The molecule has 0 aromatic heterocycles. The van der Waals surface area contributed by atoms with Crippen LogP contribution in [0, 0.1) is 0 Å². The van der Waals surface area contributed by atoms with Crippen LogP contribution in [0.25, 0.3) is 0 Å². The van der Waals surface area contributed by atoms with Crippen LogP contribution < -0.4 is 0 Å². The maximum Gasteiger partial charge on any atom is 0.338 e. The summed E-state index contributed by atoms with van der Waals surface area (Å²) in [6.45, 7) is -0.994. The first-order valence-electron chi connectivity index (χ1n) is 4.09. The van der Waals surface area contributed by atoms with Gasteiger partial charge in [-0.15, -0.1) is 0 Å². The third-order valence-electron chi connectivity index (χ3n) is 1.55. The van der Waals surface area contributed by atoms with Gasteiger partial charge in [-0.1, -0.05) is 18.2 Å². The predicted octanol–water partition coefficient (Wildman–Crippen LogP) is 0.405. The molecule has 4 nitrogen and oxygen atoms in total. The molecule has 0 aliphatic heterocycles. The molecule has 0 aliphatic carbocycles.